The van der Waals surface area contributed by atoms with Crippen LogP contribution in [-0.2, 0) is 30.4 Å². The Morgan fingerprint density at radius 2 is 1.55 bits per heavy atom. The predicted octanol–water partition coefficient (Wildman–Crippen LogP) is -1.45. The zero-order chi connectivity index (χ0) is 31.4. The van der Waals surface area contributed by atoms with Gasteiger partial charge in [-0.3, -0.25) is 24.2 Å². The van der Waals surface area contributed by atoms with Crippen molar-refractivity contribution < 1.29 is 29.1 Å². The van der Waals surface area contributed by atoms with E-state index in [1.54, 1.807) is 20.0 Å². The summed E-state index contributed by atoms with van der Waals surface area (Å²) < 4.78 is 0. The van der Waals surface area contributed by atoms with Crippen molar-refractivity contribution in [3.63, 3.8) is 0 Å². The van der Waals surface area contributed by atoms with E-state index in [-0.39, 0.29) is 37.7 Å². The molecular weight excluding hydrogens is 546 g/mol. The summed E-state index contributed by atoms with van der Waals surface area (Å²) >= 11 is 0. The van der Waals surface area contributed by atoms with E-state index in [2.05, 4.69) is 25.9 Å². The Morgan fingerprint density at radius 1 is 0.929 bits per heavy atom. The van der Waals surface area contributed by atoms with Gasteiger partial charge >= 0.3 is 5.97 Å². The molecule has 0 bridgehead atoms. The molecule has 1 heterocycles. The Bertz CT molecular complexity index is 1290. The Hall–Kier alpha value is -4.66. The first-order chi connectivity index (χ1) is 19.8. The maximum Gasteiger partial charge on any atom is 0.326 e. The van der Waals surface area contributed by atoms with Crippen LogP contribution in [0.4, 0.5) is 0 Å². The van der Waals surface area contributed by atoms with E-state index in [4.69, 9.17) is 22.9 Å². The second-order valence-corrected chi connectivity index (χ2v) is 10.4. The number of aromatic nitrogens is 1. The van der Waals surface area contributed by atoms with Gasteiger partial charge in [-0.05, 0) is 36.8 Å². The lowest BCUT2D eigenvalue weighted by atomic mass is 10.0. The van der Waals surface area contributed by atoms with Crippen LogP contribution >= 0.6 is 0 Å². The van der Waals surface area contributed by atoms with Crippen molar-refractivity contribution in [2.75, 3.05) is 6.54 Å². The van der Waals surface area contributed by atoms with Gasteiger partial charge in [-0.2, -0.15) is 0 Å². The average molecular weight is 588 g/mol. The molecule has 0 aliphatic rings. The topological polar surface area (TPSA) is 274 Å². The largest absolute Gasteiger partial charge is 0.480 e. The molecule has 0 radical (unpaired) electrons. The van der Waals surface area contributed by atoms with Crippen LogP contribution in [0.3, 0.4) is 0 Å². The summed E-state index contributed by atoms with van der Waals surface area (Å²) in [5.74, 6) is -4.63. The molecule has 1 aromatic carbocycles. The van der Waals surface area contributed by atoms with E-state index in [9.17, 15) is 29.1 Å². The number of nitrogens with zero attached hydrogens (tertiary/aromatic N) is 1. The third-order valence-corrected chi connectivity index (χ3v) is 6.40. The number of carboxylic acids is 1. The minimum absolute atomic E-state index is 0.0122. The van der Waals surface area contributed by atoms with Crippen molar-refractivity contribution in [1.82, 2.24) is 20.9 Å². The highest BCUT2D eigenvalue weighted by atomic mass is 16.4. The normalized spacial score (nSPS) is 13.9. The highest BCUT2D eigenvalue weighted by Gasteiger charge is 2.32. The molecule has 0 saturated carbocycles. The van der Waals surface area contributed by atoms with Crippen LogP contribution in [0.15, 0.2) is 35.5 Å². The van der Waals surface area contributed by atoms with Crippen molar-refractivity contribution in [2.24, 2.45) is 33.8 Å². The molecule has 230 valence electrons. The van der Waals surface area contributed by atoms with Gasteiger partial charge in [-0.25, -0.2) is 4.79 Å². The number of primary amides is 1. The van der Waals surface area contributed by atoms with E-state index >= 15 is 0 Å². The molecule has 0 fully saturated rings. The van der Waals surface area contributed by atoms with Gasteiger partial charge in [0.05, 0.1) is 12.5 Å². The molecular formula is C27H41N9O6. The fourth-order valence-electron chi connectivity index (χ4n) is 4.31. The van der Waals surface area contributed by atoms with E-state index in [1.165, 1.54) is 0 Å². The van der Waals surface area contributed by atoms with Gasteiger partial charge in [0.25, 0.3) is 0 Å². The number of nitrogens with two attached hydrogens (primary N) is 4. The van der Waals surface area contributed by atoms with Crippen LogP contribution in [0, 0.1) is 5.92 Å². The number of benzene rings is 1. The number of aromatic amines is 1. The summed E-state index contributed by atoms with van der Waals surface area (Å²) in [6, 6.07) is 2.42. The second-order valence-electron chi connectivity index (χ2n) is 10.4. The minimum Gasteiger partial charge on any atom is -0.480 e. The van der Waals surface area contributed by atoms with E-state index in [0.29, 0.717) is 12.0 Å². The number of amides is 4. The van der Waals surface area contributed by atoms with Crippen LogP contribution in [0.1, 0.15) is 45.1 Å². The van der Waals surface area contributed by atoms with Crippen molar-refractivity contribution in [3.8, 4) is 0 Å². The van der Waals surface area contributed by atoms with Crippen molar-refractivity contribution in [1.29, 1.82) is 0 Å². The standard InChI is InChI=1S/C27H41N9O6/c1-14(2)10-21(26(41)42)36-25(40)20(12-22(29)37)35-24(39)19(11-15-13-33-18-8-4-3-6-16(15)18)34-23(38)17(28)7-5-9-32-27(30)31/h3-4,6,8,13-14,17,19-21,33H,5,7,9-12,28H2,1-2H3,(H2,29,37)(H,34,38)(H,35,39)(H,36,40)(H,41,42)(H4,30,31,32). The predicted molar refractivity (Wildman–Crippen MR) is 157 cm³/mol. The summed E-state index contributed by atoms with van der Waals surface area (Å²) in [4.78, 5) is 69.9. The molecule has 0 saturated heterocycles. The van der Waals surface area contributed by atoms with E-state index in [0.717, 1.165) is 10.9 Å². The quantitative estimate of drug-likeness (QED) is 0.0594. The monoisotopic (exact) mass is 587 g/mol. The lowest BCUT2D eigenvalue weighted by Crippen LogP contribution is -2.58. The van der Waals surface area contributed by atoms with Crippen LogP contribution in [0.25, 0.3) is 10.9 Å². The van der Waals surface area contributed by atoms with E-state index in [1.807, 2.05) is 24.3 Å². The minimum atomic E-state index is -1.49. The van der Waals surface area contributed by atoms with Gasteiger partial charge in [-0.15, -0.1) is 0 Å². The van der Waals surface area contributed by atoms with Crippen molar-refractivity contribution in [3.05, 3.63) is 36.0 Å². The highest BCUT2D eigenvalue weighted by Crippen LogP contribution is 2.19. The van der Waals surface area contributed by atoms with Gasteiger partial charge in [0, 0.05) is 30.1 Å². The molecule has 15 heteroatoms. The number of carboxylic acid groups (broad SMARTS) is 1. The lowest BCUT2D eigenvalue weighted by molar-refractivity contribution is -0.143. The average Bonchev–Trinajstić information content (AvgIpc) is 3.31. The summed E-state index contributed by atoms with van der Waals surface area (Å²) in [5, 5.41) is 17.8. The number of guanidine groups is 1. The number of nitrogens with one attached hydrogen (secondary N) is 4. The molecule has 42 heavy (non-hydrogen) atoms. The molecule has 15 nitrogen and oxygen atoms in total. The Balaban J connectivity index is 2.27. The fourth-order valence-corrected chi connectivity index (χ4v) is 4.31. The number of hydrogen-bond acceptors (Lipinski definition) is 7. The summed E-state index contributed by atoms with van der Waals surface area (Å²) in [7, 11) is 0. The lowest BCUT2D eigenvalue weighted by Gasteiger charge is -2.25. The summed E-state index contributed by atoms with van der Waals surface area (Å²) in [6.07, 6.45) is 1.88. The smallest absolute Gasteiger partial charge is 0.326 e. The first-order valence-electron chi connectivity index (χ1n) is 13.6. The third kappa shape index (κ3) is 10.7. The van der Waals surface area contributed by atoms with Crippen LogP contribution in [-0.4, -0.2) is 76.4 Å². The zero-order valence-electron chi connectivity index (χ0n) is 23.8. The molecule has 0 spiro atoms. The Labute approximate surface area is 243 Å². The Kier molecular flexibility index (Phi) is 12.7. The van der Waals surface area contributed by atoms with Crippen LogP contribution < -0.4 is 38.9 Å². The molecule has 0 aliphatic heterocycles. The first kappa shape index (κ1) is 33.5. The highest BCUT2D eigenvalue weighted by molar-refractivity contribution is 5.96. The number of rotatable bonds is 17. The van der Waals surface area contributed by atoms with Crippen LogP contribution in [0.5, 0.6) is 0 Å². The molecule has 0 aliphatic carbocycles. The van der Waals surface area contributed by atoms with E-state index < -0.39 is 60.2 Å². The van der Waals surface area contributed by atoms with Crippen LogP contribution in [0.2, 0.25) is 0 Å². The zero-order valence-corrected chi connectivity index (χ0v) is 23.8. The van der Waals surface area contributed by atoms with Gasteiger partial charge in [0.1, 0.15) is 18.1 Å². The van der Waals surface area contributed by atoms with Crippen molar-refractivity contribution >= 4 is 46.5 Å². The maximum atomic E-state index is 13.5. The van der Waals surface area contributed by atoms with Gasteiger partial charge in [0.2, 0.25) is 23.6 Å². The maximum absolute atomic E-state index is 13.5. The van der Waals surface area contributed by atoms with Gasteiger partial charge in [0.15, 0.2) is 5.96 Å². The molecule has 2 rings (SSSR count). The molecule has 4 amide bonds. The van der Waals surface area contributed by atoms with Gasteiger partial charge < -0.3 is 49.0 Å². The summed E-state index contributed by atoms with van der Waals surface area (Å²) in [5.41, 5.74) is 23.5. The molecule has 1 aromatic heterocycles. The number of carbonyl (C=O) groups is 5. The number of aliphatic imine (C=N–C) groups is 1. The molecule has 13 N–H and O–H groups in total. The number of H-pyrrole nitrogens is 1. The fraction of sp³-hybridized carbons (Fsp3) is 0.481. The second kappa shape index (κ2) is 16.0. The third-order valence-electron chi connectivity index (χ3n) is 6.40. The van der Waals surface area contributed by atoms with Gasteiger partial charge in [-0.1, -0.05) is 32.0 Å². The number of carbonyl (C=O) groups excluding carboxylic acids is 4. The molecule has 4 unspecified atom stereocenters. The number of fused-ring (bicyclic) bond motifs is 1. The Morgan fingerprint density at radius 3 is 2.17 bits per heavy atom. The number of aliphatic carboxylic acids is 1. The SMILES string of the molecule is CC(C)CC(NC(=O)C(CC(N)=O)NC(=O)C(Cc1c[nH]c2ccccc12)NC(=O)C(N)CCCN=C(N)N)C(=O)O. The first-order valence-corrected chi connectivity index (χ1v) is 13.6. The van der Waals surface area contributed by atoms with Crippen molar-refractivity contribution in [2.45, 2.75) is 70.1 Å². The number of hydrogen-bond donors (Lipinski definition) is 9. The molecule has 2 aromatic rings. The number of para-hydroxylation sites is 1. The summed E-state index contributed by atoms with van der Waals surface area (Å²) in [6.45, 7) is 3.84. The molecule has 4 atom stereocenters.